The Morgan fingerprint density at radius 2 is 1.69 bits per heavy atom. The van der Waals surface area contributed by atoms with Gasteiger partial charge in [0.05, 0.1) is 14.2 Å². The molecule has 0 spiro atoms. The van der Waals surface area contributed by atoms with Crippen molar-refractivity contribution < 1.29 is 14.3 Å². The summed E-state index contributed by atoms with van der Waals surface area (Å²) in [7, 11) is 3.08. The number of hydrogen-bond acceptors (Lipinski definition) is 5. The molecule has 0 bridgehead atoms. The highest BCUT2D eigenvalue weighted by atomic mass is 16.5. The minimum atomic E-state index is -0.225. The van der Waals surface area contributed by atoms with E-state index in [9.17, 15) is 15.3 Å². The molecule has 0 fully saturated rings. The number of Topliss-reactive ketones (excluding diaryl/α,β-unsaturated/α-hetero) is 1. The molecule has 0 heterocycles. The zero-order valence-corrected chi connectivity index (χ0v) is 14.2. The highest BCUT2D eigenvalue weighted by Crippen LogP contribution is 2.40. The van der Waals surface area contributed by atoms with Crippen molar-refractivity contribution in [3.63, 3.8) is 0 Å². The second-order valence-electron chi connectivity index (χ2n) is 5.51. The van der Waals surface area contributed by atoms with Gasteiger partial charge in [-0.3, -0.25) is 4.79 Å². The number of methoxy groups -OCH3 is 2. The fourth-order valence-electron chi connectivity index (χ4n) is 2.94. The second kappa shape index (κ2) is 6.96. The first kappa shape index (κ1) is 17.0. The molecule has 0 amide bonds. The molecule has 1 aliphatic carbocycles. The fraction of sp³-hybridized carbons (Fsp3) is 0.0952. The molecule has 0 radical (unpaired) electrons. The van der Waals surface area contributed by atoms with Crippen molar-refractivity contribution in [2.24, 2.45) is 0 Å². The van der Waals surface area contributed by atoms with Gasteiger partial charge in [0.1, 0.15) is 29.2 Å². The largest absolute Gasteiger partial charge is 0.497 e. The van der Waals surface area contributed by atoms with Crippen molar-refractivity contribution in [3.8, 4) is 23.6 Å². The minimum absolute atomic E-state index is 0.0953. The summed E-state index contributed by atoms with van der Waals surface area (Å²) in [5, 5.41) is 18.7. The van der Waals surface area contributed by atoms with E-state index in [0.717, 1.165) is 0 Å². The number of nitrogens with zero attached hydrogens (tertiary/aromatic N) is 2. The Labute approximate surface area is 151 Å². The normalized spacial score (nSPS) is 13.8. The number of ketones is 1. The summed E-state index contributed by atoms with van der Waals surface area (Å²) in [6.45, 7) is 0. The van der Waals surface area contributed by atoms with Crippen LogP contribution in [0.1, 0.15) is 21.5 Å². The predicted octanol–water partition coefficient (Wildman–Crippen LogP) is 3.78. The van der Waals surface area contributed by atoms with Crippen LogP contribution in [0.3, 0.4) is 0 Å². The number of benzene rings is 2. The third-order valence-electron chi connectivity index (χ3n) is 4.17. The molecule has 5 nitrogen and oxygen atoms in total. The van der Waals surface area contributed by atoms with Gasteiger partial charge in [0.25, 0.3) is 0 Å². The lowest BCUT2D eigenvalue weighted by Gasteiger charge is -2.09. The van der Waals surface area contributed by atoms with Gasteiger partial charge < -0.3 is 9.47 Å². The van der Waals surface area contributed by atoms with Crippen molar-refractivity contribution >= 4 is 17.4 Å². The van der Waals surface area contributed by atoms with Gasteiger partial charge >= 0.3 is 0 Å². The summed E-state index contributed by atoms with van der Waals surface area (Å²) >= 11 is 0. The molecule has 0 aliphatic heterocycles. The fourth-order valence-corrected chi connectivity index (χ4v) is 2.94. The summed E-state index contributed by atoms with van der Waals surface area (Å²) in [4.78, 5) is 12.9. The van der Waals surface area contributed by atoms with E-state index in [1.807, 2.05) is 12.1 Å². The van der Waals surface area contributed by atoms with E-state index in [1.165, 1.54) is 7.11 Å². The summed E-state index contributed by atoms with van der Waals surface area (Å²) in [5.41, 5.74) is 2.28. The first-order valence-corrected chi connectivity index (χ1v) is 7.77. The zero-order valence-electron chi connectivity index (χ0n) is 14.2. The third-order valence-corrected chi connectivity index (χ3v) is 4.17. The minimum Gasteiger partial charge on any atom is -0.497 e. The predicted molar refractivity (Wildman–Crippen MR) is 96.4 cm³/mol. The smallest absolute Gasteiger partial charge is 0.194 e. The van der Waals surface area contributed by atoms with Gasteiger partial charge in [-0.2, -0.15) is 10.5 Å². The number of carbonyl (C=O) groups excluding carboxylic acids is 1. The lowest BCUT2D eigenvalue weighted by molar-refractivity contribution is 0.104. The van der Waals surface area contributed by atoms with Crippen LogP contribution < -0.4 is 9.47 Å². The van der Waals surface area contributed by atoms with Crippen LogP contribution >= 0.6 is 0 Å². The summed E-state index contributed by atoms with van der Waals surface area (Å²) in [6.07, 6.45) is 1.64. The van der Waals surface area contributed by atoms with Crippen LogP contribution in [0.25, 0.3) is 11.6 Å². The van der Waals surface area contributed by atoms with E-state index < -0.39 is 0 Å². The maximum absolute atomic E-state index is 12.9. The molecule has 5 heteroatoms. The monoisotopic (exact) mass is 342 g/mol. The Hall–Kier alpha value is -3.83. The number of carbonyl (C=O) groups is 1. The number of fused-ring (bicyclic) bond motifs is 1. The Kier molecular flexibility index (Phi) is 4.55. The van der Waals surface area contributed by atoms with Crippen LogP contribution in [-0.2, 0) is 0 Å². The highest BCUT2D eigenvalue weighted by molar-refractivity contribution is 6.29. The quantitative estimate of drug-likeness (QED) is 0.626. The lowest BCUT2D eigenvalue weighted by atomic mass is 9.98. The molecule has 0 saturated heterocycles. The first-order valence-electron chi connectivity index (χ1n) is 7.77. The average Bonchev–Trinajstić information content (AvgIpc) is 2.96. The maximum Gasteiger partial charge on any atom is 0.194 e. The van der Waals surface area contributed by atoms with Gasteiger partial charge in [0, 0.05) is 28.3 Å². The van der Waals surface area contributed by atoms with E-state index in [-0.39, 0.29) is 11.4 Å². The van der Waals surface area contributed by atoms with Gasteiger partial charge in [-0.05, 0) is 23.8 Å². The molecule has 0 N–H and O–H groups in total. The zero-order chi connectivity index (χ0) is 18.7. The van der Waals surface area contributed by atoms with Crippen LogP contribution in [0.15, 0.2) is 53.6 Å². The molecule has 0 unspecified atom stereocenters. The number of ether oxygens (including phenoxy) is 2. The summed E-state index contributed by atoms with van der Waals surface area (Å²) in [5.74, 6) is 0.919. The number of nitriles is 2. The Morgan fingerprint density at radius 1 is 1.00 bits per heavy atom. The van der Waals surface area contributed by atoms with E-state index in [4.69, 9.17) is 9.47 Å². The van der Waals surface area contributed by atoms with Crippen molar-refractivity contribution in [1.29, 1.82) is 10.5 Å². The van der Waals surface area contributed by atoms with Crippen LogP contribution in [-0.4, -0.2) is 20.0 Å². The molecular weight excluding hydrogens is 328 g/mol. The van der Waals surface area contributed by atoms with E-state index in [1.54, 1.807) is 55.7 Å². The number of hydrogen-bond donors (Lipinski definition) is 0. The van der Waals surface area contributed by atoms with E-state index >= 15 is 0 Å². The molecule has 3 rings (SSSR count). The van der Waals surface area contributed by atoms with Crippen molar-refractivity contribution in [2.75, 3.05) is 14.2 Å². The van der Waals surface area contributed by atoms with Gasteiger partial charge in [-0.1, -0.05) is 24.3 Å². The Balaban J connectivity index is 2.26. The Morgan fingerprint density at radius 3 is 2.31 bits per heavy atom. The molecule has 2 aromatic carbocycles. The molecule has 126 valence electrons. The lowest BCUT2D eigenvalue weighted by Crippen LogP contribution is -1.97. The summed E-state index contributed by atoms with van der Waals surface area (Å²) < 4.78 is 10.6. The average molecular weight is 342 g/mol. The third kappa shape index (κ3) is 2.72. The second-order valence-corrected chi connectivity index (χ2v) is 5.51. The van der Waals surface area contributed by atoms with Gasteiger partial charge in [-0.25, -0.2) is 0 Å². The van der Waals surface area contributed by atoms with Gasteiger partial charge in [-0.15, -0.1) is 0 Å². The van der Waals surface area contributed by atoms with Crippen LogP contribution in [0.5, 0.6) is 11.5 Å². The van der Waals surface area contributed by atoms with E-state index in [0.29, 0.717) is 39.3 Å². The molecular formula is C21H14N2O3. The highest BCUT2D eigenvalue weighted by Gasteiger charge is 2.32. The number of allylic oxidation sites excluding steroid dienone is 3. The SMILES string of the molecule is COc1ccc(C=C2C(=O)c3ccccc3C2=C(C#N)C#N)c(OC)c1. The molecule has 0 aromatic heterocycles. The van der Waals surface area contributed by atoms with E-state index in [2.05, 4.69) is 0 Å². The first-order chi connectivity index (χ1) is 12.6. The molecule has 1 aliphatic rings. The van der Waals surface area contributed by atoms with Crippen molar-refractivity contribution in [2.45, 2.75) is 0 Å². The van der Waals surface area contributed by atoms with Crippen molar-refractivity contribution in [3.05, 3.63) is 70.3 Å². The van der Waals surface area contributed by atoms with Crippen LogP contribution in [0.2, 0.25) is 0 Å². The molecule has 0 saturated carbocycles. The van der Waals surface area contributed by atoms with Gasteiger partial charge in [0.2, 0.25) is 0 Å². The summed E-state index contributed by atoms with van der Waals surface area (Å²) in [6, 6.07) is 16.0. The van der Waals surface area contributed by atoms with Gasteiger partial charge in [0.15, 0.2) is 5.78 Å². The molecule has 0 atom stereocenters. The maximum atomic E-state index is 12.9. The van der Waals surface area contributed by atoms with Crippen LogP contribution in [0, 0.1) is 22.7 Å². The number of rotatable bonds is 3. The van der Waals surface area contributed by atoms with Crippen molar-refractivity contribution in [1.82, 2.24) is 0 Å². The Bertz CT molecular complexity index is 1030. The standard InChI is InChI=1S/C21H14N2O3/c1-25-15-8-7-13(19(10-15)26-2)9-18-20(14(11-22)12-23)16-5-3-4-6-17(16)21(18)24/h3-10H,1-2H3. The molecule has 26 heavy (non-hydrogen) atoms. The molecule has 2 aromatic rings. The van der Waals surface area contributed by atoms with Crippen LogP contribution in [0.4, 0.5) is 0 Å². The topological polar surface area (TPSA) is 83.1 Å².